The van der Waals surface area contributed by atoms with Gasteiger partial charge in [0.1, 0.15) is 0 Å². The first kappa shape index (κ1) is 14.8. The molecule has 0 radical (unpaired) electrons. The first-order chi connectivity index (χ1) is 10.0. The Kier molecular flexibility index (Phi) is 4.17. The summed E-state index contributed by atoms with van der Waals surface area (Å²) >= 11 is 7.34. The molecule has 1 unspecified atom stereocenters. The third kappa shape index (κ3) is 3.37. The monoisotopic (exact) mass is 343 g/mol. The third-order valence-electron chi connectivity index (χ3n) is 3.32. The minimum atomic E-state index is -3.51. The van der Waals surface area contributed by atoms with E-state index < -0.39 is 10.0 Å². The summed E-state index contributed by atoms with van der Waals surface area (Å²) in [5.41, 5.74) is 0. The van der Waals surface area contributed by atoms with Crippen LogP contribution in [-0.2, 0) is 10.0 Å². The first-order valence-electron chi connectivity index (χ1n) is 6.47. The average Bonchev–Trinajstić information content (AvgIpc) is 3.09. The van der Waals surface area contributed by atoms with Crippen LogP contribution >= 0.6 is 22.9 Å². The highest BCUT2D eigenvalue weighted by Gasteiger charge is 2.28. The maximum Gasteiger partial charge on any atom is 0.240 e. The summed E-state index contributed by atoms with van der Waals surface area (Å²) in [5, 5.41) is 3.37. The molecule has 1 N–H and O–H groups in total. The van der Waals surface area contributed by atoms with E-state index in [2.05, 4.69) is 14.6 Å². The molecule has 1 aromatic carbocycles. The summed E-state index contributed by atoms with van der Waals surface area (Å²) in [7, 11) is -3.51. The van der Waals surface area contributed by atoms with Gasteiger partial charge in [0, 0.05) is 35.7 Å². The van der Waals surface area contributed by atoms with Gasteiger partial charge in [-0.2, -0.15) is 0 Å². The molecule has 8 heteroatoms. The van der Waals surface area contributed by atoms with Crippen molar-refractivity contribution in [2.24, 2.45) is 0 Å². The van der Waals surface area contributed by atoms with E-state index in [0.717, 1.165) is 18.1 Å². The van der Waals surface area contributed by atoms with Gasteiger partial charge in [-0.25, -0.2) is 18.1 Å². The molecule has 21 heavy (non-hydrogen) atoms. The fourth-order valence-corrected chi connectivity index (χ4v) is 4.37. The SMILES string of the molecule is O=S(=O)(NC1CCN(c2nccs2)C1)c1ccc(Cl)cc1. The molecule has 0 aliphatic carbocycles. The Morgan fingerprint density at radius 1 is 1.33 bits per heavy atom. The molecule has 1 fully saturated rings. The van der Waals surface area contributed by atoms with Crippen molar-refractivity contribution >= 4 is 38.1 Å². The van der Waals surface area contributed by atoms with E-state index in [1.165, 1.54) is 12.1 Å². The Hall–Kier alpha value is -1.15. The summed E-state index contributed by atoms with van der Waals surface area (Å²) in [6, 6.07) is 6.07. The molecule has 1 saturated heterocycles. The highest BCUT2D eigenvalue weighted by Crippen LogP contribution is 2.23. The number of rotatable bonds is 4. The molecular formula is C13H14ClN3O2S2. The van der Waals surface area contributed by atoms with Crippen LogP contribution in [0, 0.1) is 0 Å². The molecule has 112 valence electrons. The van der Waals surface area contributed by atoms with Crippen LogP contribution in [0.1, 0.15) is 6.42 Å². The molecule has 0 saturated carbocycles. The minimum absolute atomic E-state index is 0.102. The van der Waals surface area contributed by atoms with Crippen molar-refractivity contribution in [1.82, 2.24) is 9.71 Å². The Balaban J connectivity index is 1.68. The molecule has 3 rings (SSSR count). The van der Waals surface area contributed by atoms with Crippen LogP contribution in [0.3, 0.4) is 0 Å². The number of nitrogens with one attached hydrogen (secondary N) is 1. The van der Waals surface area contributed by atoms with Crippen molar-refractivity contribution < 1.29 is 8.42 Å². The van der Waals surface area contributed by atoms with Crippen molar-refractivity contribution in [2.75, 3.05) is 18.0 Å². The number of halogens is 1. The predicted octanol–water partition coefficient (Wildman–Crippen LogP) is 2.35. The maximum atomic E-state index is 12.3. The van der Waals surface area contributed by atoms with E-state index in [1.54, 1.807) is 29.7 Å². The van der Waals surface area contributed by atoms with Crippen LogP contribution in [0.2, 0.25) is 5.02 Å². The van der Waals surface area contributed by atoms with Crippen molar-refractivity contribution in [3.63, 3.8) is 0 Å². The van der Waals surface area contributed by atoms with E-state index in [0.29, 0.717) is 11.6 Å². The Bertz CT molecular complexity index is 702. The molecule has 2 aromatic rings. The maximum absolute atomic E-state index is 12.3. The predicted molar refractivity (Wildman–Crippen MR) is 84.5 cm³/mol. The molecule has 1 aliphatic rings. The summed E-state index contributed by atoms with van der Waals surface area (Å²) < 4.78 is 27.4. The van der Waals surface area contributed by atoms with E-state index in [-0.39, 0.29) is 10.9 Å². The number of benzene rings is 1. The smallest absolute Gasteiger partial charge is 0.240 e. The van der Waals surface area contributed by atoms with Gasteiger partial charge in [0.25, 0.3) is 0 Å². The quantitative estimate of drug-likeness (QED) is 0.925. The zero-order valence-electron chi connectivity index (χ0n) is 11.1. The Morgan fingerprint density at radius 3 is 2.76 bits per heavy atom. The van der Waals surface area contributed by atoms with Crippen LogP contribution in [-0.4, -0.2) is 32.5 Å². The lowest BCUT2D eigenvalue weighted by atomic mass is 10.3. The molecule has 1 aromatic heterocycles. The fourth-order valence-electron chi connectivity index (χ4n) is 2.30. The summed E-state index contributed by atoms with van der Waals surface area (Å²) in [6.45, 7) is 1.45. The zero-order valence-corrected chi connectivity index (χ0v) is 13.5. The van der Waals surface area contributed by atoms with Crippen LogP contribution in [0.15, 0.2) is 40.7 Å². The number of thiazole rings is 1. The summed E-state index contributed by atoms with van der Waals surface area (Å²) in [4.78, 5) is 6.58. The van der Waals surface area contributed by atoms with Gasteiger partial charge in [0.15, 0.2) is 5.13 Å². The van der Waals surface area contributed by atoms with Gasteiger partial charge in [-0.15, -0.1) is 11.3 Å². The summed E-state index contributed by atoms with van der Waals surface area (Å²) in [6.07, 6.45) is 2.53. The second kappa shape index (κ2) is 5.92. The third-order valence-corrected chi connectivity index (χ3v) is 5.94. The van der Waals surface area contributed by atoms with Crippen LogP contribution in [0.25, 0.3) is 0 Å². The van der Waals surface area contributed by atoms with Crippen LogP contribution in [0.5, 0.6) is 0 Å². The summed E-state index contributed by atoms with van der Waals surface area (Å²) in [5.74, 6) is 0. The van der Waals surface area contributed by atoms with Crippen molar-refractivity contribution in [2.45, 2.75) is 17.4 Å². The standard InChI is InChI=1S/C13H14ClN3O2S2/c14-10-1-3-12(4-2-10)21(18,19)16-11-5-7-17(9-11)13-15-6-8-20-13/h1-4,6,8,11,16H,5,7,9H2. The number of hydrogen-bond acceptors (Lipinski definition) is 5. The van der Waals surface area contributed by atoms with Gasteiger partial charge < -0.3 is 4.90 Å². The number of nitrogens with zero attached hydrogens (tertiary/aromatic N) is 2. The van der Waals surface area contributed by atoms with Gasteiger partial charge in [0.2, 0.25) is 10.0 Å². The molecular weight excluding hydrogens is 330 g/mol. The topological polar surface area (TPSA) is 62.3 Å². The lowest BCUT2D eigenvalue weighted by Crippen LogP contribution is -2.37. The average molecular weight is 344 g/mol. The van der Waals surface area contributed by atoms with Crippen LogP contribution in [0.4, 0.5) is 5.13 Å². The molecule has 5 nitrogen and oxygen atoms in total. The van der Waals surface area contributed by atoms with E-state index in [9.17, 15) is 8.42 Å². The lowest BCUT2D eigenvalue weighted by Gasteiger charge is -2.16. The molecule has 0 bridgehead atoms. The molecule has 0 amide bonds. The van der Waals surface area contributed by atoms with Gasteiger partial charge in [0.05, 0.1) is 4.90 Å². The number of aromatic nitrogens is 1. The lowest BCUT2D eigenvalue weighted by molar-refractivity contribution is 0.561. The highest BCUT2D eigenvalue weighted by atomic mass is 35.5. The van der Waals surface area contributed by atoms with Gasteiger partial charge in [-0.05, 0) is 30.7 Å². The molecule has 1 atom stereocenters. The van der Waals surface area contributed by atoms with E-state index in [4.69, 9.17) is 11.6 Å². The molecule has 0 spiro atoms. The normalized spacial score (nSPS) is 19.1. The highest BCUT2D eigenvalue weighted by molar-refractivity contribution is 7.89. The second-order valence-corrected chi connectivity index (χ2v) is 7.84. The van der Waals surface area contributed by atoms with Crippen molar-refractivity contribution in [3.8, 4) is 0 Å². The van der Waals surface area contributed by atoms with Gasteiger partial charge in [-0.3, -0.25) is 0 Å². The molecule has 2 heterocycles. The Labute approximate surface area is 132 Å². The first-order valence-corrected chi connectivity index (χ1v) is 9.21. The number of anilines is 1. The number of hydrogen-bond donors (Lipinski definition) is 1. The van der Waals surface area contributed by atoms with Crippen molar-refractivity contribution in [3.05, 3.63) is 40.9 Å². The van der Waals surface area contributed by atoms with Gasteiger partial charge in [-0.1, -0.05) is 11.6 Å². The van der Waals surface area contributed by atoms with Crippen molar-refractivity contribution in [1.29, 1.82) is 0 Å². The van der Waals surface area contributed by atoms with E-state index >= 15 is 0 Å². The van der Waals surface area contributed by atoms with E-state index in [1.807, 2.05) is 5.38 Å². The Morgan fingerprint density at radius 2 is 2.10 bits per heavy atom. The minimum Gasteiger partial charge on any atom is -0.346 e. The molecule has 1 aliphatic heterocycles. The fraction of sp³-hybridized carbons (Fsp3) is 0.308. The van der Waals surface area contributed by atoms with Gasteiger partial charge >= 0.3 is 0 Å². The number of sulfonamides is 1. The zero-order chi connectivity index (χ0) is 14.9. The largest absolute Gasteiger partial charge is 0.346 e. The van der Waals surface area contributed by atoms with Crippen LogP contribution < -0.4 is 9.62 Å². The second-order valence-electron chi connectivity index (χ2n) is 4.82.